The Labute approximate surface area is 220 Å². The summed E-state index contributed by atoms with van der Waals surface area (Å²) in [5.74, 6) is 0. The van der Waals surface area contributed by atoms with Gasteiger partial charge in [-0.2, -0.15) is 5.26 Å². The Morgan fingerprint density at radius 1 is 0.605 bits per heavy atom. The van der Waals surface area contributed by atoms with Crippen LogP contribution in [0.4, 0.5) is 11.4 Å². The van der Waals surface area contributed by atoms with Crippen molar-refractivity contribution in [3.8, 4) is 17.4 Å². The molecule has 0 N–H and O–H groups in total. The number of rotatable bonds is 2. The molecule has 180 valence electrons. The maximum absolute atomic E-state index is 9.76. The number of hydrogen-bond acceptors (Lipinski definition) is 2. The van der Waals surface area contributed by atoms with E-state index in [1.165, 1.54) is 43.8 Å². The second-order valence-electron chi connectivity index (χ2n) is 10.3. The zero-order valence-corrected chi connectivity index (χ0v) is 21.2. The maximum atomic E-state index is 9.76. The highest BCUT2D eigenvalue weighted by Gasteiger charge is 2.30. The minimum absolute atomic E-state index is 0.263. The van der Waals surface area contributed by atoms with Crippen LogP contribution >= 0.6 is 0 Å². The fourth-order valence-electron chi connectivity index (χ4n) is 6.56. The Kier molecular flexibility index (Phi) is 4.17. The number of hydrogen-bond donors (Lipinski definition) is 0. The molecule has 5 aromatic carbocycles. The molecule has 0 unspecified atom stereocenters. The summed E-state index contributed by atoms with van der Waals surface area (Å²) < 4.78 is 4.75. The first-order chi connectivity index (χ1) is 18.7. The van der Waals surface area contributed by atoms with Gasteiger partial charge in [-0.15, -0.1) is 0 Å². The lowest BCUT2D eigenvalue weighted by Gasteiger charge is -2.36. The Hall–Kier alpha value is -5.01. The molecule has 38 heavy (non-hydrogen) atoms. The fourth-order valence-corrected chi connectivity index (χ4v) is 6.56. The Bertz CT molecular complexity index is 2120. The van der Waals surface area contributed by atoms with Crippen molar-refractivity contribution in [1.82, 2.24) is 9.13 Å². The second-order valence-corrected chi connectivity index (χ2v) is 10.3. The van der Waals surface area contributed by atoms with E-state index in [0.29, 0.717) is 5.56 Å². The Balaban J connectivity index is 1.62. The van der Waals surface area contributed by atoms with Crippen molar-refractivity contribution in [3.05, 3.63) is 109 Å². The number of benzene rings is 5. The lowest BCUT2D eigenvalue weighted by molar-refractivity contribution is 0.781. The van der Waals surface area contributed by atoms with E-state index in [2.05, 4.69) is 125 Å². The Morgan fingerprint density at radius 2 is 1.32 bits per heavy atom. The summed E-state index contributed by atoms with van der Waals surface area (Å²) in [4.78, 5) is 2.40. The number of fused-ring (bicyclic) bond motifs is 9. The standard InChI is InChI=1S/C34H24N4/c1-21(2)36-27-16-15-22(20-35)19-31(27)38-29-18-17-28-32(33(29)25-12-8-14-30(36)34(25)38)24-11-6-7-13-26(24)37(28)23-9-4-3-5-10-23/h3-19,21H,1-2H3. The minimum atomic E-state index is 0.263. The number of nitriles is 1. The molecule has 1 aliphatic rings. The van der Waals surface area contributed by atoms with Crippen LogP contribution in [0, 0.1) is 11.3 Å². The van der Waals surface area contributed by atoms with Crippen LogP contribution in [-0.4, -0.2) is 15.2 Å². The summed E-state index contributed by atoms with van der Waals surface area (Å²) in [6.45, 7) is 4.45. The second kappa shape index (κ2) is 7.50. The largest absolute Gasteiger partial charge is 0.335 e. The van der Waals surface area contributed by atoms with Crippen LogP contribution in [0.25, 0.3) is 55.0 Å². The normalized spacial score (nSPS) is 12.6. The molecule has 0 aliphatic carbocycles. The average molecular weight is 489 g/mol. The molecule has 4 nitrogen and oxygen atoms in total. The van der Waals surface area contributed by atoms with Crippen molar-refractivity contribution in [3.63, 3.8) is 0 Å². The van der Waals surface area contributed by atoms with Crippen molar-refractivity contribution in [2.75, 3.05) is 4.90 Å². The minimum Gasteiger partial charge on any atom is -0.335 e. The van der Waals surface area contributed by atoms with Crippen LogP contribution in [-0.2, 0) is 0 Å². The highest BCUT2D eigenvalue weighted by molar-refractivity contribution is 6.30. The third-order valence-corrected chi connectivity index (χ3v) is 7.96. The summed E-state index contributed by atoms with van der Waals surface area (Å²) in [5, 5.41) is 14.8. The summed E-state index contributed by atoms with van der Waals surface area (Å²) in [6.07, 6.45) is 0. The number of aromatic nitrogens is 2. The van der Waals surface area contributed by atoms with Gasteiger partial charge in [0.25, 0.3) is 0 Å². The average Bonchev–Trinajstić information content (AvgIpc) is 3.47. The highest BCUT2D eigenvalue weighted by atomic mass is 15.2. The van der Waals surface area contributed by atoms with E-state index in [4.69, 9.17) is 0 Å². The van der Waals surface area contributed by atoms with Gasteiger partial charge in [-0.3, -0.25) is 0 Å². The summed E-state index contributed by atoms with van der Waals surface area (Å²) in [5.41, 5.74) is 9.96. The van der Waals surface area contributed by atoms with E-state index in [-0.39, 0.29) is 6.04 Å². The van der Waals surface area contributed by atoms with Crippen LogP contribution in [0.15, 0.2) is 103 Å². The van der Waals surface area contributed by atoms with E-state index in [1.54, 1.807) is 0 Å². The predicted octanol–water partition coefficient (Wildman–Crippen LogP) is 8.61. The predicted molar refractivity (Wildman–Crippen MR) is 157 cm³/mol. The van der Waals surface area contributed by atoms with Gasteiger partial charge in [-0.1, -0.05) is 48.5 Å². The smallest absolute Gasteiger partial charge is 0.0992 e. The van der Waals surface area contributed by atoms with Gasteiger partial charge >= 0.3 is 0 Å². The third-order valence-electron chi connectivity index (χ3n) is 7.96. The molecule has 4 heteroatoms. The van der Waals surface area contributed by atoms with E-state index in [9.17, 15) is 5.26 Å². The van der Waals surface area contributed by atoms with Gasteiger partial charge in [-0.25, -0.2) is 0 Å². The molecule has 2 aromatic heterocycles. The molecule has 0 amide bonds. The Morgan fingerprint density at radius 3 is 2.11 bits per heavy atom. The van der Waals surface area contributed by atoms with Gasteiger partial charge < -0.3 is 14.0 Å². The molecule has 8 rings (SSSR count). The third kappa shape index (κ3) is 2.58. The SMILES string of the molecule is CC(C)N1c2ccc(C#N)cc2-n2c3ccc4c(c5ccccc5n4-c4ccccc4)c3c3cccc1c32. The lowest BCUT2D eigenvalue weighted by Crippen LogP contribution is -2.29. The first-order valence-electron chi connectivity index (χ1n) is 13.1. The maximum Gasteiger partial charge on any atom is 0.0992 e. The lowest BCUT2D eigenvalue weighted by atomic mass is 10.0. The van der Waals surface area contributed by atoms with Crippen LogP contribution < -0.4 is 4.90 Å². The first-order valence-corrected chi connectivity index (χ1v) is 13.1. The van der Waals surface area contributed by atoms with E-state index < -0.39 is 0 Å². The number of para-hydroxylation sites is 3. The van der Waals surface area contributed by atoms with Gasteiger partial charge in [0.15, 0.2) is 0 Å². The van der Waals surface area contributed by atoms with Crippen LogP contribution in [0.5, 0.6) is 0 Å². The van der Waals surface area contributed by atoms with Gasteiger partial charge in [-0.05, 0) is 68.4 Å². The summed E-state index contributed by atoms with van der Waals surface area (Å²) in [6, 6.07) is 39.2. The van der Waals surface area contributed by atoms with Crippen molar-refractivity contribution >= 4 is 55.0 Å². The molecule has 0 atom stereocenters. The van der Waals surface area contributed by atoms with Crippen molar-refractivity contribution in [2.45, 2.75) is 19.9 Å². The van der Waals surface area contributed by atoms with E-state index >= 15 is 0 Å². The fraction of sp³-hybridized carbons (Fsp3) is 0.0882. The molecular formula is C34H24N4. The molecule has 0 saturated heterocycles. The van der Waals surface area contributed by atoms with Crippen LogP contribution in [0.2, 0.25) is 0 Å². The van der Waals surface area contributed by atoms with Gasteiger partial charge in [0.1, 0.15) is 0 Å². The first kappa shape index (κ1) is 21.1. The molecule has 0 spiro atoms. The van der Waals surface area contributed by atoms with Crippen LogP contribution in [0.1, 0.15) is 19.4 Å². The van der Waals surface area contributed by atoms with E-state index in [1.807, 2.05) is 12.1 Å². The van der Waals surface area contributed by atoms with Crippen molar-refractivity contribution in [2.24, 2.45) is 0 Å². The molecule has 3 heterocycles. The van der Waals surface area contributed by atoms with E-state index in [0.717, 1.165) is 22.6 Å². The molecule has 0 fully saturated rings. The number of nitrogens with zero attached hydrogens (tertiary/aromatic N) is 4. The summed E-state index contributed by atoms with van der Waals surface area (Å²) >= 11 is 0. The molecule has 0 bridgehead atoms. The molecule has 7 aromatic rings. The van der Waals surface area contributed by atoms with Gasteiger partial charge in [0, 0.05) is 33.3 Å². The van der Waals surface area contributed by atoms with Crippen molar-refractivity contribution in [1.29, 1.82) is 5.26 Å². The highest BCUT2D eigenvalue weighted by Crippen LogP contribution is 2.50. The monoisotopic (exact) mass is 488 g/mol. The number of anilines is 2. The van der Waals surface area contributed by atoms with Gasteiger partial charge in [0.05, 0.1) is 50.8 Å². The zero-order chi connectivity index (χ0) is 25.5. The van der Waals surface area contributed by atoms with Crippen LogP contribution in [0.3, 0.4) is 0 Å². The zero-order valence-electron chi connectivity index (χ0n) is 21.2. The molecule has 0 saturated carbocycles. The molecular weight excluding hydrogens is 464 g/mol. The van der Waals surface area contributed by atoms with Gasteiger partial charge in [0.2, 0.25) is 0 Å². The molecule has 1 aliphatic heterocycles. The summed E-state index contributed by atoms with van der Waals surface area (Å²) in [7, 11) is 0. The van der Waals surface area contributed by atoms with Crippen molar-refractivity contribution < 1.29 is 0 Å². The quantitative estimate of drug-likeness (QED) is 0.244. The topological polar surface area (TPSA) is 36.9 Å². The molecule has 0 radical (unpaired) electrons.